The molecule has 0 unspecified atom stereocenters. The Morgan fingerprint density at radius 2 is 1.50 bits per heavy atom. The monoisotopic (exact) mass is 378 g/mol. The van der Waals surface area contributed by atoms with Gasteiger partial charge in [0, 0.05) is 13.0 Å². The molecule has 0 fully saturated rings. The Morgan fingerprint density at radius 1 is 1.00 bits per heavy atom. The summed E-state index contributed by atoms with van der Waals surface area (Å²) in [6.45, 7) is 5.43. The molecule has 2 atom stereocenters. The zero-order valence-electron chi connectivity index (χ0n) is 15.6. The molecule has 0 aromatic heterocycles. The highest BCUT2D eigenvalue weighted by atomic mass is 16.6. The van der Waals surface area contributed by atoms with E-state index in [0.29, 0.717) is 52.8 Å². The molecule has 9 nitrogen and oxygen atoms in total. The van der Waals surface area contributed by atoms with Gasteiger partial charge in [-0.05, 0) is 6.92 Å². The number of amides is 1. The van der Waals surface area contributed by atoms with E-state index in [4.69, 9.17) is 24.7 Å². The van der Waals surface area contributed by atoms with Crippen molar-refractivity contribution >= 4 is 5.91 Å². The van der Waals surface area contributed by atoms with Crippen LogP contribution in [0.3, 0.4) is 0 Å². The Labute approximate surface area is 155 Å². The molecule has 0 spiro atoms. The lowest BCUT2D eigenvalue weighted by molar-refractivity contribution is -0.124. The third-order valence-corrected chi connectivity index (χ3v) is 3.20. The predicted molar refractivity (Wildman–Crippen MR) is 96.8 cm³/mol. The number of allylic oxidation sites excluding steroid dienone is 1. The first-order valence-corrected chi connectivity index (χ1v) is 8.87. The standard InChI is InChI=1S/C17H34N2O7/c1-2-3-16(21)15(14-20)19-17(22)4-6-23-8-10-25-12-13-26-11-9-24-7-5-18/h2-3,15-16,20-21H,4-14,18H2,1H3,(H,19,22)/b3-2+/t15-,16+/m0/s1. The fourth-order valence-corrected chi connectivity index (χ4v) is 1.86. The fraction of sp³-hybridized carbons (Fsp3) is 0.824. The second-order valence-electron chi connectivity index (χ2n) is 5.36. The van der Waals surface area contributed by atoms with Gasteiger partial charge >= 0.3 is 0 Å². The number of carbonyl (C=O) groups excluding carboxylic acids is 1. The molecule has 26 heavy (non-hydrogen) atoms. The summed E-state index contributed by atoms with van der Waals surface area (Å²) >= 11 is 0. The van der Waals surface area contributed by atoms with E-state index < -0.39 is 12.1 Å². The van der Waals surface area contributed by atoms with E-state index >= 15 is 0 Å². The largest absolute Gasteiger partial charge is 0.394 e. The molecular formula is C17H34N2O7. The predicted octanol–water partition coefficient (Wildman–Crippen LogP) is -1.18. The van der Waals surface area contributed by atoms with E-state index in [0.717, 1.165) is 0 Å². The topological polar surface area (TPSA) is 133 Å². The van der Waals surface area contributed by atoms with Crippen molar-refractivity contribution in [3.05, 3.63) is 12.2 Å². The van der Waals surface area contributed by atoms with Crippen LogP contribution >= 0.6 is 0 Å². The molecule has 154 valence electrons. The van der Waals surface area contributed by atoms with Gasteiger partial charge in [0.25, 0.3) is 0 Å². The summed E-state index contributed by atoms with van der Waals surface area (Å²) in [7, 11) is 0. The summed E-state index contributed by atoms with van der Waals surface area (Å²) in [6, 6.07) is -0.720. The molecule has 0 aromatic rings. The molecule has 0 bridgehead atoms. The lowest BCUT2D eigenvalue weighted by Crippen LogP contribution is -2.45. The average Bonchev–Trinajstić information content (AvgIpc) is 2.63. The van der Waals surface area contributed by atoms with E-state index in [1.54, 1.807) is 13.0 Å². The Hall–Kier alpha value is -1.07. The zero-order chi connectivity index (χ0) is 19.5. The highest BCUT2D eigenvalue weighted by Gasteiger charge is 2.17. The van der Waals surface area contributed by atoms with Gasteiger partial charge in [0.05, 0.1) is 71.6 Å². The Balaban J connectivity index is 3.45. The van der Waals surface area contributed by atoms with E-state index in [1.165, 1.54) is 6.08 Å². The molecule has 5 N–H and O–H groups in total. The highest BCUT2D eigenvalue weighted by Crippen LogP contribution is 1.96. The number of carbonyl (C=O) groups is 1. The van der Waals surface area contributed by atoms with Crippen molar-refractivity contribution in [2.75, 3.05) is 66.0 Å². The molecular weight excluding hydrogens is 344 g/mol. The molecule has 0 saturated heterocycles. The van der Waals surface area contributed by atoms with Crippen molar-refractivity contribution in [2.24, 2.45) is 5.73 Å². The number of rotatable bonds is 18. The zero-order valence-corrected chi connectivity index (χ0v) is 15.6. The van der Waals surface area contributed by atoms with Crippen LogP contribution in [-0.4, -0.2) is 94.3 Å². The number of hydrogen-bond acceptors (Lipinski definition) is 8. The molecule has 0 saturated carbocycles. The second-order valence-corrected chi connectivity index (χ2v) is 5.36. The van der Waals surface area contributed by atoms with Crippen molar-refractivity contribution in [3.8, 4) is 0 Å². The molecule has 0 heterocycles. The van der Waals surface area contributed by atoms with Gasteiger partial charge in [-0.1, -0.05) is 12.2 Å². The van der Waals surface area contributed by atoms with Crippen molar-refractivity contribution in [1.82, 2.24) is 5.32 Å². The van der Waals surface area contributed by atoms with Crippen molar-refractivity contribution in [1.29, 1.82) is 0 Å². The summed E-state index contributed by atoms with van der Waals surface area (Å²) in [4.78, 5) is 11.7. The number of nitrogens with one attached hydrogen (secondary N) is 1. The number of ether oxygens (including phenoxy) is 4. The minimum atomic E-state index is -0.919. The van der Waals surface area contributed by atoms with Crippen LogP contribution < -0.4 is 11.1 Å². The van der Waals surface area contributed by atoms with Crippen LogP contribution in [0.5, 0.6) is 0 Å². The van der Waals surface area contributed by atoms with Gasteiger partial charge in [0.15, 0.2) is 0 Å². The van der Waals surface area contributed by atoms with Crippen LogP contribution in [0.4, 0.5) is 0 Å². The Morgan fingerprint density at radius 3 is 1.96 bits per heavy atom. The Kier molecular flexibility index (Phi) is 17.9. The molecule has 9 heteroatoms. The van der Waals surface area contributed by atoms with E-state index in [9.17, 15) is 15.0 Å². The van der Waals surface area contributed by atoms with Gasteiger partial charge in [0.1, 0.15) is 0 Å². The molecule has 1 amide bonds. The molecule has 0 radical (unpaired) electrons. The Bertz CT molecular complexity index is 356. The molecule has 0 aliphatic carbocycles. The maximum Gasteiger partial charge on any atom is 0.222 e. The quantitative estimate of drug-likeness (QED) is 0.173. The van der Waals surface area contributed by atoms with Gasteiger partial charge in [-0.15, -0.1) is 0 Å². The normalized spacial score (nSPS) is 13.8. The van der Waals surface area contributed by atoms with Crippen LogP contribution in [0.15, 0.2) is 12.2 Å². The third kappa shape index (κ3) is 15.2. The lowest BCUT2D eigenvalue weighted by Gasteiger charge is -2.19. The number of aliphatic hydroxyl groups excluding tert-OH is 2. The van der Waals surface area contributed by atoms with Crippen LogP contribution in [0.25, 0.3) is 0 Å². The summed E-state index contributed by atoms with van der Waals surface area (Å²) in [6.07, 6.45) is 2.39. The number of nitrogens with two attached hydrogens (primary N) is 1. The van der Waals surface area contributed by atoms with Crippen LogP contribution in [0.2, 0.25) is 0 Å². The van der Waals surface area contributed by atoms with Crippen molar-refractivity contribution in [3.63, 3.8) is 0 Å². The van der Waals surface area contributed by atoms with Crippen LogP contribution in [0, 0.1) is 0 Å². The molecule has 0 aromatic carbocycles. The van der Waals surface area contributed by atoms with E-state index in [1.807, 2.05) is 0 Å². The fourth-order valence-electron chi connectivity index (χ4n) is 1.86. The minimum absolute atomic E-state index is 0.144. The van der Waals surface area contributed by atoms with Gasteiger partial charge in [0.2, 0.25) is 5.91 Å². The number of hydrogen-bond donors (Lipinski definition) is 4. The van der Waals surface area contributed by atoms with Crippen LogP contribution in [0.1, 0.15) is 13.3 Å². The molecule has 0 rings (SSSR count). The van der Waals surface area contributed by atoms with Crippen molar-refractivity contribution in [2.45, 2.75) is 25.5 Å². The maximum atomic E-state index is 11.7. The minimum Gasteiger partial charge on any atom is -0.394 e. The molecule has 0 aliphatic heterocycles. The molecule has 0 aliphatic rings. The van der Waals surface area contributed by atoms with Crippen molar-refractivity contribution < 1.29 is 34.0 Å². The first kappa shape index (κ1) is 24.9. The van der Waals surface area contributed by atoms with Gasteiger partial charge in [-0.3, -0.25) is 4.79 Å². The van der Waals surface area contributed by atoms with E-state index in [-0.39, 0.29) is 25.5 Å². The maximum absolute atomic E-state index is 11.7. The summed E-state index contributed by atoms with van der Waals surface area (Å²) < 4.78 is 21.1. The van der Waals surface area contributed by atoms with Gasteiger partial charge in [-0.2, -0.15) is 0 Å². The van der Waals surface area contributed by atoms with Gasteiger partial charge in [-0.25, -0.2) is 0 Å². The first-order valence-electron chi connectivity index (χ1n) is 8.87. The smallest absolute Gasteiger partial charge is 0.222 e. The van der Waals surface area contributed by atoms with Crippen LogP contribution in [-0.2, 0) is 23.7 Å². The third-order valence-electron chi connectivity index (χ3n) is 3.20. The lowest BCUT2D eigenvalue weighted by atomic mass is 10.1. The highest BCUT2D eigenvalue weighted by molar-refractivity contribution is 5.76. The summed E-state index contributed by atoms with van der Waals surface area (Å²) in [5.74, 6) is -0.293. The summed E-state index contributed by atoms with van der Waals surface area (Å²) in [5.41, 5.74) is 5.28. The SMILES string of the molecule is C/C=C/[C@@H](O)[C@H](CO)NC(=O)CCOCCOCCOCCOCCN. The summed E-state index contributed by atoms with van der Waals surface area (Å²) in [5, 5.41) is 21.4. The number of aliphatic hydroxyl groups is 2. The van der Waals surface area contributed by atoms with E-state index in [2.05, 4.69) is 5.32 Å². The first-order chi connectivity index (χ1) is 12.7. The average molecular weight is 378 g/mol. The second kappa shape index (κ2) is 18.7. The van der Waals surface area contributed by atoms with Gasteiger partial charge < -0.3 is 40.2 Å².